The molecule has 128 valence electrons. The molecule has 0 radical (unpaired) electrons. The fourth-order valence-corrected chi connectivity index (χ4v) is 4.65. The molecular formula is C15H20Cl2N2O3S. The fraction of sp³-hybridized carbons (Fsp3) is 0.533. The summed E-state index contributed by atoms with van der Waals surface area (Å²) in [6, 6.07) is 4.54. The molecular weight excluding hydrogens is 359 g/mol. The van der Waals surface area contributed by atoms with E-state index in [1.165, 1.54) is 0 Å². The molecule has 2 rings (SSSR count). The molecule has 1 saturated heterocycles. The maximum Gasteiger partial charge on any atom is 0.242 e. The van der Waals surface area contributed by atoms with Gasteiger partial charge in [0.2, 0.25) is 5.91 Å². The number of rotatable bonds is 4. The molecule has 2 N–H and O–H groups in total. The van der Waals surface area contributed by atoms with E-state index in [0.717, 1.165) is 6.26 Å². The lowest BCUT2D eigenvalue weighted by Gasteiger charge is -2.35. The van der Waals surface area contributed by atoms with Crippen molar-refractivity contribution in [2.24, 2.45) is 0 Å². The highest BCUT2D eigenvalue weighted by Crippen LogP contribution is 2.31. The first-order valence-corrected chi connectivity index (χ1v) is 9.98. The highest BCUT2D eigenvalue weighted by Gasteiger charge is 2.48. The molecule has 1 aliphatic heterocycles. The largest absolute Gasteiger partial charge is 0.348 e. The lowest BCUT2D eigenvalue weighted by atomic mass is 9.95. The van der Waals surface area contributed by atoms with Gasteiger partial charge in [0, 0.05) is 16.3 Å². The third-order valence-electron chi connectivity index (χ3n) is 4.31. The van der Waals surface area contributed by atoms with Crippen molar-refractivity contribution in [2.45, 2.75) is 30.6 Å². The maximum absolute atomic E-state index is 12.8. The van der Waals surface area contributed by atoms with Gasteiger partial charge in [-0.15, -0.1) is 0 Å². The molecule has 23 heavy (non-hydrogen) atoms. The Balaban J connectivity index is 2.27. The van der Waals surface area contributed by atoms with Gasteiger partial charge in [0.15, 0.2) is 14.6 Å². The minimum absolute atomic E-state index is 0.258. The molecule has 0 aliphatic carbocycles. The van der Waals surface area contributed by atoms with Gasteiger partial charge < -0.3 is 10.6 Å². The minimum Gasteiger partial charge on any atom is -0.348 e. The molecule has 1 amide bonds. The van der Waals surface area contributed by atoms with Crippen LogP contribution < -0.4 is 10.6 Å². The SMILES string of the molecule is CC(NC(=O)C1(S(C)(=O)=O)CCNCC1)c1cc(Cl)ccc1Cl. The second-order valence-corrected chi connectivity index (χ2v) is 9.05. The Morgan fingerprint density at radius 1 is 1.30 bits per heavy atom. The monoisotopic (exact) mass is 378 g/mol. The number of sulfone groups is 1. The molecule has 1 heterocycles. The van der Waals surface area contributed by atoms with Crippen molar-refractivity contribution in [2.75, 3.05) is 19.3 Å². The van der Waals surface area contributed by atoms with E-state index >= 15 is 0 Å². The van der Waals surface area contributed by atoms with Crippen LogP contribution in [-0.2, 0) is 14.6 Å². The van der Waals surface area contributed by atoms with Crippen LogP contribution in [0.1, 0.15) is 31.4 Å². The van der Waals surface area contributed by atoms with Crippen LogP contribution in [0.5, 0.6) is 0 Å². The molecule has 1 aliphatic rings. The maximum atomic E-state index is 12.8. The van der Waals surface area contributed by atoms with Crippen LogP contribution in [0, 0.1) is 0 Å². The molecule has 1 atom stereocenters. The standard InChI is InChI=1S/C15H20Cl2N2O3S/c1-10(12-9-11(16)3-4-13(12)17)19-14(20)15(23(2,21)22)5-7-18-8-6-15/h3-4,9-10,18H,5-8H2,1-2H3,(H,19,20). The summed E-state index contributed by atoms with van der Waals surface area (Å²) < 4.78 is 23.1. The molecule has 5 nitrogen and oxygen atoms in total. The lowest BCUT2D eigenvalue weighted by Crippen LogP contribution is -2.57. The van der Waals surface area contributed by atoms with E-state index < -0.39 is 26.5 Å². The molecule has 8 heteroatoms. The van der Waals surface area contributed by atoms with E-state index in [2.05, 4.69) is 10.6 Å². The minimum atomic E-state index is -3.54. The number of carbonyl (C=O) groups excluding carboxylic acids is 1. The van der Waals surface area contributed by atoms with E-state index in [-0.39, 0.29) is 12.8 Å². The quantitative estimate of drug-likeness (QED) is 0.842. The Kier molecular flexibility index (Phi) is 5.61. The second-order valence-electron chi connectivity index (χ2n) is 5.88. The second kappa shape index (κ2) is 6.97. The number of benzene rings is 1. The van der Waals surface area contributed by atoms with Crippen LogP contribution in [0.3, 0.4) is 0 Å². The summed E-state index contributed by atoms with van der Waals surface area (Å²) in [5.41, 5.74) is 0.658. The van der Waals surface area contributed by atoms with Crippen molar-refractivity contribution in [3.63, 3.8) is 0 Å². The summed E-state index contributed by atoms with van der Waals surface area (Å²) >= 11 is 12.1. The lowest BCUT2D eigenvalue weighted by molar-refractivity contribution is -0.125. The van der Waals surface area contributed by atoms with E-state index in [1.807, 2.05) is 0 Å². The first-order chi connectivity index (χ1) is 10.7. The molecule has 1 aromatic carbocycles. The molecule has 1 aromatic rings. The number of carbonyl (C=O) groups is 1. The third kappa shape index (κ3) is 3.82. The Morgan fingerprint density at radius 3 is 2.48 bits per heavy atom. The highest BCUT2D eigenvalue weighted by atomic mass is 35.5. The van der Waals surface area contributed by atoms with Gasteiger partial charge in [-0.25, -0.2) is 8.42 Å². The molecule has 0 aromatic heterocycles. The van der Waals surface area contributed by atoms with E-state index in [4.69, 9.17) is 23.2 Å². The molecule has 1 unspecified atom stereocenters. The van der Waals surface area contributed by atoms with Crippen LogP contribution in [0.25, 0.3) is 0 Å². The van der Waals surface area contributed by atoms with Crippen LogP contribution in [0.4, 0.5) is 0 Å². The zero-order chi connectivity index (χ0) is 17.3. The summed E-state index contributed by atoms with van der Waals surface area (Å²) in [4.78, 5) is 12.8. The van der Waals surface area contributed by atoms with Gasteiger partial charge in [-0.1, -0.05) is 23.2 Å². The van der Waals surface area contributed by atoms with Crippen molar-refractivity contribution in [3.05, 3.63) is 33.8 Å². The van der Waals surface area contributed by atoms with Crippen LogP contribution in [-0.4, -0.2) is 38.4 Å². The average molecular weight is 379 g/mol. The first kappa shape index (κ1) is 18.5. The van der Waals surface area contributed by atoms with Crippen LogP contribution in [0.2, 0.25) is 10.0 Å². The summed E-state index contributed by atoms with van der Waals surface area (Å²) in [7, 11) is -3.54. The number of piperidine rings is 1. The van der Waals surface area contributed by atoms with Crippen molar-refractivity contribution >= 4 is 38.9 Å². The Hall–Kier alpha value is -0.820. The summed E-state index contributed by atoms with van der Waals surface area (Å²) in [5.74, 6) is -0.481. The molecule has 0 saturated carbocycles. The summed E-state index contributed by atoms with van der Waals surface area (Å²) in [6.45, 7) is 2.74. The van der Waals surface area contributed by atoms with Gasteiger partial charge in [-0.2, -0.15) is 0 Å². The van der Waals surface area contributed by atoms with Crippen molar-refractivity contribution in [1.82, 2.24) is 10.6 Å². The van der Waals surface area contributed by atoms with Gasteiger partial charge in [0.05, 0.1) is 6.04 Å². The number of amides is 1. The average Bonchev–Trinajstić information content (AvgIpc) is 2.49. The van der Waals surface area contributed by atoms with E-state index in [0.29, 0.717) is 28.7 Å². The van der Waals surface area contributed by atoms with Gasteiger partial charge in [0.1, 0.15) is 0 Å². The first-order valence-electron chi connectivity index (χ1n) is 7.33. The summed E-state index contributed by atoms with van der Waals surface area (Å²) in [5, 5.41) is 6.86. The number of nitrogens with one attached hydrogen (secondary N) is 2. The Bertz CT molecular complexity index is 701. The predicted molar refractivity (Wildman–Crippen MR) is 92.7 cm³/mol. The van der Waals surface area contributed by atoms with Gasteiger partial charge in [-0.3, -0.25) is 4.79 Å². The van der Waals surface area contributed by atoms with Crippen LogP contribution in [0.15, 0.2) is 18.2 Å². The van der Waals surface area contributed by atoms with Crippen molar-refractivity contribution in [3.8, 4) is 0 Å². The normalized spacial score (nSPS) is 19.1. The zero-order valence-corrected chi connectivity index (χ0v) is 15.4. The molecule has 1 fully saturated rings. The summed E-state index contributed by atoms with van der Waals surface area (Å²) in [6.07, 6.45) is 1.64. The van der Waals surface area contributed by atoms with Gasteiger partial charge in [0.25, 0.3) is 0 Å². The number of hydrogen-bond acceptors (Lipinski definition) is 4. The smallest absolute Gasteiger partial charge is 0.242 e. The third-order valence-corrected chi connectivity index (χ3v) is 6.90. The van der Waals surface area contributed by atoms with Crippen molar-refractivity contribution < 1.29 is 13.2 Å². The zero-order valence-electron chi connectivity index (χ0n) is 13.0. The Morgan fingerprint density at radius 2 is 1.91 bits per heavy atom. The van der Waals surface area contributed by atoms with Crippen LogP contribution >= 0.6 is 23.2 Å². The van der Waals surface area contributed by atoms with E-state index in [1.54, 1.807) is 25.1 Å². The number of hydrogen-bond donors (Lipinski definition) is 2. The Labute approximate surface area is 146 Å². The topological polar surface area (TPSA) is 75.3 Å². The highest BCUT2D eigenvalue weighted by molar-refractivity contribution is 7.92. The number of halogens is 2. The predicted octanol–water partition coefficient (Wildman–Crippen LogP) is 2.34. The van der Waals surface area contributed by atoms with E-state index in [9.17, 15) is 13.2 Å². The van der Waals surface area contributed by atoms with Gasteiger partial charge in [-0.05, 0) is 56.6 Å². The van der Waals surface area contributed by atoms with Gasteiger partial charge >= 0.3 is 0 Å². The van der Waals surface area contributed by atoms with Crippen molar-refractivity contribution in [1.29, 1.82) is 0 Å². The molecule has 0 spiro atoms. The molecule has 0 bridgehead atoms. The fourth-order valence-electron chi connectivity index (χ4n) is 2.85.